The second kappa shape index (κ2) is 8.49. The Morgan fingerprint density at radius 2 is 1.93 bits per heavy atom. The summed E-state index contributed by atoms with van der Waals surface area (Å²) in [5, 5.41) is 4.38. The second-order valence-corrected chi connectivity index (χ2v) is 8.33. The first-order chi connectivity index (χ1) is 14.4. The van der Waals surface area contributed by atoms with Gasteiger partial charge in [-0.05, 0) is 41.3 Å². The fourth-order valence-electron chi connectivity index (χ4n) is 3.38. The molecule has 6 nitrogen and oxygen atoms in total. The number of nitrogens with one attached hydrogen (secondary N) is 1. The first kappa shape index (κ1) is 20.4. The highest BCUT2D eigenvalue weighted by atomic mass is 35.5. The van der Waals surface area contributed by atoms with Gasteiger partial charge in [0.1, 0.15) is 17.6 Å². The molecule has 9 heteroatoms. The Balaban J connectivity index is 1.51. The first-order valence-electron chi connectivity index (χ1n) is 9.17. The molecule has 1 N–H and O–H groups in total. The van der Waals surface area contributed by atoms with E-state index in [2.05, 4.69) is 5.32 Å². The number of halogens is 2. The van der Waals surface area contributed by atoms with E-state index < -0.39 is 17.3 Å². The lowest BCUT2D eigenvalue weighted by atomic mass is 10.1. The summed E-state index contributed by atoms with van der Waals surface area (Å²) in [6.45, 7) is -0.00674. The van der Waals surface area contributed by atoms with Gasteiger partial charge >= 0.3 is 6.03 Å². The molecule has 2 unspecified atom stereocenters. The second-order valence-electron chi connectivity index (χ2n) is 6.84. The predicted octanol–water partition coefficient (Wildman–Crippen LogP) is 3.56. The molecule has 30 heavy (non-hydrogen) atoms. The van der Waals surface area contributed by atoms with Crippen LogP contribution in [0.4, 0.5) is 14.9 Å². The third-order valence-corrected chi connectivity index (χ3v) is 6.18. The van der Waals surface area contributed by atoms with Gasteiger partial charge in [0, 0.05) is 11.6 Å². The van der Waals surface area contributed by atoms with E-state index in [1.54, 1.807) is 41.8 Å². The molecular formula is C21H17ClFN3O3S. The van der Waals surface area contributed by atoms with E-state index in [9.17, 15) is 18.8 Å². The Labute approximate surface area is 181 Å². The molecule has 2 aromatic carbocycles. The van der Waals surface area contributed by atoms with Crippen LogP contribution in [0.25, 0.3) is 0 Å². The molecule has 2 aliphatic heterocycles. The number of nitrogens with zero attached hydrogens (tertiary/aromatic N) is 2. The highest BCUT2D eigenvalue weighted by molar-refractivity contribution is 8.03. The van der Waals surface area contributed by atoms with Crippen molar-refractivity contribution in [2.24, 2.45) is 0 Å². The smallest absolute Gasteiger partial charge is 0.332 e. The van der Waals surface area contributed by atoms with Crippen LogP contribution in [-0.2, 0) is 16.1 Å². The molecule has 2 aromatic rings. The zero-order valence-corrected chi connectivity index (χ0v) is 17.2. The lowest BCUT2D eigenvalue weighted by Crippen LogP contribution is -2.63. The van der Waals surface area contributed by atoms with Crippen LogP contribution in [0.3, 0.4) is 0 Å². The number of carbonyl (C=O) groups is 3. The minimum Gasteiger partial charge on any atom is -0.350 e. The molecule has 4 amide bonds. The van der Waals surface area contributed by atoms with Crippen molar-refractivity contribution in [2.75, 3.05) is 11.4 Å². The van der Waals surface area contributed by atoms with E-state index in [0.29, 0.717) is 10.7 Å². The number of carbonyl (C=O) groups excluding carboxylic acids is 3. The summed E-state index contributed by atoms with van der Waals surface area (Å²) in [6.07, 6.45) is 1.76. The number of thioether (sulfide) groups is 1. The molecule has 0 aromatic heterocycles. The van der Waals surface area contributed by atoms with E-state index in [0.717, 1.165) is 10.5 Å². The monoisotopic (exact) mass is 445 g/mol. The Kier molecular flexibility index (Phi) is 5.78. The number of anilines is 1. The van der Waals surface area contributed by atoms with Crippen molar-refractivity contribution in [3.63, 3.8) is 0 Å². The number of urea groups is 1. The van der Waals surface area contributed by atoms with E-state index in [-0.39, 0.29) is 30.7 Å². The number of benzene rings is 2. The maximum absolute atomic E-state index is 13.2. The molecule has 154 valence electrons. The molecule has 4 rings (SSSR count). The van der Waals surface area contributed by atoms with Crippen LogP contribution in [0.15, 0.2) is 60.0 Å². The highest BCUT2D eigenvalue weighted by Gasteiger charge is 2.48. The quantitative estimate of drug-likeness (QED) is 0.764. The van der Waals surface area contributed by atoms with Crippen molar-refractivity contribution in [3.8, 4) is 0 Å². The molecule has 2 aliphatic rings. The number of fused-ring (bicyclic) bond motifs is 1. The van der Waals surface area contributed by atoms with Crippen molar-refractivity contribution >= 4 is 46.9 Å². The van der Waals surface area contributed by atoms with Gasteiger partial charge in [0.2, 0.25) is 5.91 Å². The number of imide groups is 1. The van der Waals surface area contributed by atoms with Gasteiger partial charge in [0.25, 0.3) is 5.91 Å². The average Bonchev–Trinajstić information content (AvgIpc) is 3.21. The summed E-state index contributed by atoms with van der Waals surface area (Å²) in [7, 11) is 0. The SMILES string of the molecule is O=C(CN1C(=O)N(c2cccc(Cl)c2)C(=O)C2SC=CC21)NCc1ccc(F)cc1. The Morgan fingerprint density at radius 1 is 1.17 bits per heavy atom. The van der Waals surface area contributed by atoms with Crippen molar-refractivity contribution in [1.82, 2.24) is 10.2 Å². The lowest BCUT2D eigenvalue weighted by Gasteiger charge is -2.40. The summed E-state index contributed by atoms with van der Waals surface area (Å²) in [5.41, 5.74) is 1.10. The van der Waals surface area contributed by atoms with Gasteiger partial charge in [0.15, 0.2) is 0 Å². The largest absolute Gasteiger partial charge is 0.350 e. The van der Waals surface area contributed by atoms with Crippen LogP contribution in [0.1, 0.15) is 5.56 Å². The number of rotatable bonds is 5. The summed E-state index contributed by atoms with van der Waals surface area (Å²) >= 11 is 7.35. The highest BCUT2D eigenvalue weighted by Crippen LogP contribution is 2.36. The van der Waals surface area contributed by atoms with E-state index >= 15 is 0 Å². The van der Waals surface area contributed by atoms with Crippen molar-refractivity contribution < 1.29 is 18.8 Å². The van der Waals surface area contributed by atoms with E-state index in [1.165, 1.54) is 34.9 Å². The van der Waals surface area contributed by atoms with Gasteiger partial charge in [-0.2, -0.15) is 0 Å². The third-order valence-electron chi connectivity index (χ3n) is 4.86. The van der Waals surface area contributed by atoms with Gasteiger partial charge < -0.3 is 10.2 Å². The summed E-state index contributed by atoms with van der Waals surface area (Å²) < 4.78 is 13.0. The number of hydrogen-bond acceptors (Lipinski definition) is 4. The van der Waals surface area contributed by atoms with Crippen LogP contribution in [0, 0.1) is 5.82 Å². The predicted molar refractivity (Wildman–Crippen MR) is 114 cm³/mol. The maximum atomic E-state index is 13.2. The van der Waals surface area contributed by atoms with Crippen LogP contribution >= 0.6 is 23.4 Å². The minimum absolute atomic E-state index is 0.205. The zero-order chi connectivity index (χ0) is 21.3. The van der Waals surface area contributed by atoms with Crippen molar-refractivity contribution in [3.05, 3.63) is 76.4 Å². The van der Waals surface area contributed by atoms with Gasteiger partial charge in [-0.25, -0.2) is 14.1 Å². The number of amides is 4. The topological polar surface area (TPSA) is 69.7 Å². The molecule has 0 saturated carbocycles. The van der Waals surface area contributed by atoms with Crippen molar-refractivity contribution in [1.29, 1.82) is 0 Å². The molecule has 0 radical (unpaired) electrons. The van der Waals surface area contributed by atoms with Gasteiger partial charge in [-0.15, -0.1) is 11.8 Å². The van der Waals surface area contributed by atoms with Crippen LogP contribution in [0.5, 0.6) is 0 Å². The fraction of sp³-hybridized carbons (Fsp3) is 0.190. The average molecular weight is 446 g/mol. The first-order valence-corrected chi connectivity index (χ1v) is 10.5. The standard InChI is InChI=1S/C21H17ClFN3O3S/c22-14-2-1-3-16(10-14)26-20(28)19-17(8-9-30-19)25(21(26)29)12-18(27)24-11-13-4-6-15(23)7-5-13/h1-10,17,19H,11-12H2,(H,24,27). The van der Waals surface area contributed by atoms with Crippen LogP contribution in [0.2, 0.25) is 5.02 Å². The molecular weight excluding hydrogens is 429 g/mol. The molecule has 0 spiro atoms. The Bertz CT molecular complexity index is 1030. The molecule has 1 fully saturated rings. The summed E-state index contributed by atoms with van der Waals surface area (Å²) in [5.74, 6) is -1.08. The summed E-state index contributed by atoms with van der Waals surface area (Å²) in [4.78, 5) is 41.1. The van der Waals surface area contributed by atoms with E-state index in [4.69, 9.17) is 11.6 Å². The molecule has 2 heterocycles. The zero-order valence-electron chi connectivity index (χ0n) is 15.6. The van der Waals surface area contributed by atoms with Crippen LogP contribution in [-0.4, -0.2) is 40.6 Å². The van der Waals surface area contributed by atoms with Gasteiger partial charge in [0.05, 0.1) is 11.7 Å². The van der Waals surface area contributed by atoms with E-state index in [1.807, 2.05) is 0 Å². The normalized spacial score (nSPS) is 20.5. The van der Waals surface area contributed by atoms with Crippen LogP contribution < -0.4 is 10.2 Å². The van der Waals surface area contributed by atoms with Crippen molar-refractivity contribution in [2.45, 2.75) is 17.8 Å². The maximum Gasteiger partial charge on any atom is 0.332 e. The third kappa shape index (κ3) is 4.06. The molecule has 2 atom stereocenters. The molecule has 0 bridgehead atoms. The Hall–Kier alpha value is -2.84. The Morgan fingerprint density at radius 3 is 2.67 bits per heavy atom. The minimum atomic E-state index is -0.576. The lowest BCUT2D eigenvalue weighted by molar-refractivity contribution is -0.124. The molecule has 1 saturated heterocycles. The van der Waals surface area contributed by atoms with Gasteiger partial charge in [-0.1, -0.05) is 35.9 Å². The number of hydrogen-bond donors (Lipinski definition) is 1. The summed E-state index contributed by atoms with van der Waals surface area (Å²) in [6, 6.07) is 11.2. The fourth-order valence-corrected chi connectivity index (χ4v) is 4.61. The molecule has 0 aliphatic carbocycles. The van der Waals surface area contributed by atoms with Gasteiger partial charge in [-0.3, -0.25) is 9.59 Å².